The largest absolute Gasteiger partial charge is 0.435 e. The van der Waals surface area contributed by atoms with Gasteiger partial charge in [-0.05, 0) is 43.3 Å². The average Bonchev–Trinajstić information content (AvgIpc) is 3.64. The fourth-order valence-electron chi connectivity index (χ4n) is 5.35. The Bertz CT molecular complexity index is 1730. The topological polar surface area (TPSA) is 142 Å². The van der Waals surface area contributed by atoms with E-state index in [1.165, 1.54) is 34.9 Å². The van der Waals surface area contributed by atoms with Crippen molar-refractivity contribution in [2.45, 2.75) is 51.1 Å². The molecule has 1 saturated heterocycles. The average molecular weight is 650 g/mol. The lowest BCUT2D eigenvalue weighted by atomic mass is 10.0. The number of aromatic nitrogens is 5. The molecule has 1 aliphatic heterocycles. The van der Waals surface area contributed by atoms with Crippen molar-refractivity contribution in [3.05, 3.63) is 59.8 Å². The number of carbonyl (C=O) groups is 2. The Morgan fingerprint density at radius 3 is 2.61 bits per heavy atom. The van der Waals surface area contributed by atoms with E-state index in [0.717, 1.165) is 6.20 Å². The maximum atomic E-state index is 13.8. The summed E-state index contributed by atoms with van der Waals surface area (Å²) in [4.78, 5) is 35.5. The first-order chi connectivity index (χ1) is 21.8. The third-order valence-corrected chi connectivity index (χ3v) is 7.86. The highest BCUT2D eigenvalue weighted by Gasteiger charge is 2.39. The Balaban J connectivity index is 1.34. The zero-order chi connectivity index (χ0) is 33.2. The number of hydrogen-bond donors (Lipinski definition) is 4. The zero-order valence-electron chi connectivity index (χ0n) is 24.9. The van der Waals surface area contributed by atoms with Gasteiger partial charge in [0.25, 0.3) is 12.3 Å². The predicted molar refractivity (Wildman–Crippen MR) is 156 cm³/mol. The number of fused-ring (bicyclic) bond motifs is 1. The standard InChI is InChI=1S/C29H32F5N9O3/c1-3-17-12-18(4-5-19(17)27(45)38-14-23(44)41(2)28(46)6-8-35-9-7-28)39-25-26-37-13-21(43(26)11-10-36-25)20-15-42(16-22(30)31)40-24(20)29(32,33)34/h4-5,10-13,15,22,35,46H,3,6-9,14,16H2,1-2H3,(H,36,39)(H,38,45). The van der Waals surface area contributed by atoms with Crippen molar-refractivity contribution in [1.82, 2.24) is 39.7 Å². The molecule has 2 amide bonds. The van der Waals surface area contributed by atoms with E-state index in [4.69, 9.17) is 0 Å². The lowest BCUT2D eigenvalue weighted by molar-refractivity contribution is -0.159. The van der Waals surface area contributed by atoms with Crippen LogP contribution in [0.5, 0.6) is 0 Å². The van der Waals surface area contributed by atoms with E-state index in [2.05, 4.69) is 31.0 Å². The highest BCUT2D eigenvalue weighted by Crippen LogP contribution is 2.37. The third-order valence-electron chi connectivity index (χ3n) is 7.86. The summed E-state index contributed by atoms with van der Waals surface area (Å²) in [6, 6.07) is 4.87. The maximum absolute atomic E-state index is 13.8. The molecule has 12 nitrogen and oxygen atoms in total. The van der Waals surface area contributed by atoms with Crippen molar-refractivity contribution < 1.29 is 36.6 Å². The third kappa shape index (κ3) is 6.79. The Morgan fingerprint density at radius 2 is 1.93 bits per heavy atom. The molecule has 3 aromatic heterocycles. The number of rotatable bonds is 10. The summed E-state index contributed by atoms with van der Waals surface area (Å²) >= 11 is 0. The van der Waals surface area contributed by atoms with Crippen molar-refractivity contribution in [3.63, 3.8) is 0 Å². The smallest absolute Gasteiger partial charge is 0.371 e. The Morgan fingerprint density at radius 1 is 1.20 bits per heavy atom. The van der Waals surface area contributed by atoms with Gasteiger partial charge in [0.15, 0.2) is 17.2 Å². The van der Waals surface area contributed by atoms with Gasteiger partial charge in [-0.2, -0.15) is 18.3 Å². The van der Waals surface area contributed by atoms with E-state index in [9.17, 15) is 36.6 Å². The van der Waals surface area contributed by atoms with Crippen molar-refractivity contribution in [3.8, 4) is 11.3 Å². The van der Waals surface area contributed by atoms with Crippen LogP contribution in [-0.4, -0.2) is 84.8 Å². The van der Waals surface area contributed by atoms with Crippen LogP contribution >= 0.6 is 0 Å². The molecule has 0 aliphatic carbocycles. The Kier molecular flexibility index (Phi) is 9.25. The van der Waals surface area contributed by atoms with Gasteiger partial charge in [-0.1, -0.05) is 6.92 Å². The van der Waals surface area contributed by atoms with E-state index in [-0.39, 0.29) is 23.7 Å². The number of likely N-dealkylation sites (N-methyl/N-ethyl adjacent to an activating group) is 1. The second kappa shape index (κ2) is 13.0. The first kappa shape index (κ1) is 32.7. The number of nitrogens with one attached hydrogen (secondary N) is 3. The van der Waals surface area contributed by atoms with Crippen molar-refractivity contribution in [1.29, 1.82) is 0 Å². The molecule has 46 heavy (non-hydrogen) atoms. The second-order valence-corrected chi connectivity index (χ2v) is 10.8. The second-order valence-electron chi connectivity index (χ2n) is 10.8. The van der Waals surface area contributed by atoms with Gasteiger partial charge in [-0.25, -0.2) is 18.7 Å². The number of benzene rings is 1. The quantitative estimate of drug-likeness (QED) is 0.151. The van der Waals surface area contributed by atoms with Crippen LogP contribution in [0.15, 0.2) is 43.0 Å². The molecule has 1 aromatic carbocycles. The number of amides is 2. The van der Waals surface area contributed by atoms with Gasteiger partial charge in [0.1, 0.15) is 12.3 Å². The molecule has 1 fully saturated rings. The molecule has 0 spiro atoms. The lowest BCUT2D eigenvalue weighted by Crippen LogP contribution is -2.56. The van der Waals surface area contributed by atoms with E-state index in [0.29, 0.717) is 53.8 Å². The summed E-state index contributed by atoms with van der Waals surface area (Å²) in [6.45, 7) is 1.67. The summed E-state index contributed by atoms with van der Waals surface area (Å²) < 4.78 is 68.9. The van der Waals surface area contributed by atoms with Gasteiger partial charge >= 0.3 is 6.18 Å². The number of halogens is 5. The fourth-order valence-corrected chi connectivity index (χ4v) is 5.35. The Labute approximate surface area is 259 Å². The fraction of sp³-hybridized carbons (Fsp3) is 0.414. The number of hydrogen-bond acceptors (Lipinski definition) is 8. The van der Waals surface area contributed by atoms with Gasteiger partial charge < -0.3 is 26.0 Å². The van der Waals surface area contributed by atoms with E-state index in [1.807, 2.05) is 6.92 Å². The van der Waals surface area contributed by atoms with E-state index >= 15 is 0 Å². The van der Waals surface area contributed by atoms with E-state index < -0.39 is 47.9 Å². The van der Waals surface area contributed by atoms with Crippen LogP contribution in [-0.2, 0) is 23.9 Å². The summed E-state index contributed by atoms with van der Waals surface area (Å²) in [5, 5.41) is 22.9. The summed E-state index contributed by atoms with van der Waals surface area (Å²) in [5.74, 6) is -0.726. The SMILES string of the molecule is CCc1cc(Nc2nccn3c(-c4cn(CC(F)F)nc4C(F)(F)F)cnc23)ccc1C(=O)NCC(=O)N(C)C1(O)CCNCC1. The number of nitrogens with zero attached hydrogens (tertiary/aromatic N) is 6. The van der Waals surface area contributed by atoms with Gasteiger partial charge in [-0.15, -0.1) is 0 Å². The van der Waals surface area contributed by atoms with E-state index in [1.54, 1.807) is 18.2 Å². The molecular formula is C29H32F5N9O3. The minimum Gasteiger partial charge on any atom is -0.371 e. The van der Waals surface area contributed by atoms with Gasteiger partial charge in [-0.3, -0.25) is 18.7 Å². The van der Waals surface area contributed by atoms with Gasteiger partial charge in [0, 0.05) is 49.7 Å². The minimum absolute atomic E-state index is 0.0259. The number of aryl methyl sites for hydroxylation is 1. The molecule has 4 N–H and O–H groups in total. The van der Waals surface area contributed by atoms with Crippen LogP contribution in [0.25, 0.3) is 16.9 Å². The molecule has 0 radical (unpaired) electrons. The number of carbonyl (C=O) groups excluding carboxylic acids is 2. The summed E-state index contributed by atoms with van der Waals surface area (Å²) in [7, 11) is 1.50. The lowest BCUT2D eigenvalue weighted by Gasteiger charge is -2.40. The number of imidazole rings is 1. The molecule has 4 heterocycles. The molecule has 246 valence electrons. The van der Waals surface area contributed by atoms with Crippen molar-refractivity contribution in [2.75, 3.05) is 32.0 Å². The van der Waals surface area contributed by atoms with Crippen LogP contribution in [0, 0.1) is 0 Å². The number of anilines is 2. The molecule has 5 rings (SSSR count). The number of alkyl halides is 5. The zero-order valence-corrected chi connectivity index (χ0v) is 24.9. The van der Waals surface area contributed by atoms with Gasteiger partial charge in [0.2, 0.25) is 5.91 Å². The molecule has 1 aliphatic rings. The van der Waals surface area contributed by atoms with Gasteiger partial charge in [0.05, 0.1) is 24.0 Å². The number of piperidine rings is 1. The van der Waals surface area contributed by atoms with Crippen LogP contribution in [0.4, 0.5) is 33.5 Å². The van der Waals surface area contributed by atoms with Crippen LogP contribution in [0.1, 0.15) is 41.4 Å². The molecule has 0 unspecified atom stereocenters. The minimum atomic E-state index is -4.90. The van der Waals surface area contributed by atoms with Crippen molar-refractivity contribution in [2.24, 2.45) is 0 Å². The predicted octanol–water partition coefficient (Wildman–Crippen LogP) is 3.44. The number of aliphatic hydroxyl groups is 1. The van der Waals surface area contributed by atoms with Crippen LogP contribution in [0.2, 0.25) is 0 Å². The summed E-state index contributed by atoms with van der Waals surface area (Å²) in [5.41, 5.74) is -1.42. The summed E-state index contributed by atoms with van der Waals surface area (Å²) in [6.07, 6.45) is -1.78. The Hall–Kier alpha value is -4.64. The first-order valence-corrected chi connectivity index (χ1v) is 14.4. The molecule has 0 atom stereocenters. The maximum Gasteiger partial charge on any atom is 0.435 e. The van der Waals surface area contributed by atoms with Crippen molar-refractivity contribution >= 4 is 29.0 Å². The normalized spacial score (nSPS) is 14.9. The van der Waals surface area contributed by atoms with Crippen LogP contribution < -0.4 is 16.0 Å². The van der Waals surface area contributed by atoms with Crippen LogP contribution in [0.3, 0.4) is 0 Å². The highest BCUT2D eigenvalue weighted by molar-refractivity contribution is 5.98. The molecular weight excluding hydrogens is 617 g/mol. The molecule has 4 aromatic rings. The first-order valence-electron chi connectivity index (χ1n) is 14.4. The molecule has 0 bridgehead atoms. The molecule has 0 saturated carbocycles. The molecule has 17 heteroatoms. The highest BCUT2D eigenvalue weighted by atomic mass is 19.4. The monoisotopic (exact) mass is 649 g/mol.